The lowest BCUT2D eigenvalue weighted by Gasteiger charge is -2.20. The number of fused-ring (bicyclic) bond motifs is 1. The first-order valence-corrected chi connectivity index (χ1v) is 8.22. The van der Waals surface area contributed by atoms with Crippen molar-refractivity contribution in [2.45, 2.75) is 24.2 Å². The van der Waals surface area contributed by atoms with Crippen LogP contribution in [0.4, 0.5) is 0 Å². The number of methoxy groups -OCH3 is 1. The smallest absolute Gasteiger partial charge is 0.318 e. The van der Waals surface area contributed by atoms with Gasteiger partial charge in [0.1, 0.15) is 6.54 Å². The zero-order valence-electron chi connectivity index (χ0n) is 11.9. The minimum atomic E-state index is -3.82. The van der Waals surface area contributed by atoms with E-state index in [0.717, 1.165) is 29.1 Å². The summed E-state index contributed by atoms with van der Waals surface area (Å²) >= 11 is 0. The van der Waals surface area contributed by atoms with Gasteiger partial charge in [-0.05, 0) is 42.5 Å². The van der Waals surface area contributed by atoms with Gasteiger partial charge in [0, 0.05) is 13.7 Å². The molecule has 0 amide bonds. The van der Waals surface area contributed by atoms with Crippen molar-refractivity contribution in [3.8, 4) is 0 Å². The highest BCUT2D eigenvalue weighted by molar-refractivity contribution is 7.89. The van der Waals surface area contributed by atoms with Crippen molar-refractivity contribution < 1.29 is 23.1 Å². The third-order valence-corrected chi connectivity index (χ3v) is 5.41. The number of rotatable bonds is 7. The van der Waals surface area contributed by atoms with E-state index < -0.39 is 22.5 Å². The molecule has 0 fully saturated rings. The second kappa shape index (κ2) is 6.55. The van der Waals surface area contributed by atoms with Gasteiger partial charge in [-0.25, -0.2) is 8.42 Å². The van der Waals surface area contributed by atoms with E-state index in [9.17, 15) is 13.2 Å². The molecule has 0 heterocycles. The molecule has 0 spiro atoms. The number of aryl methyl sites for hydroxylation is 2. The fraction of sp³-hybridized carbons (Fsp3) is 0.500. The molecule has 21 heavy (non-hydrogen) atoms. The van der Waals surface area contributed by atoms with Crippen LogP contribution >= 0.6 is 0 Å². The highest BCUT2D eigenvalue weighted by atomic mass is 32.2. The van der Waals surface area contributed by atoms with Gasteiger partial charge in [0.2, 0.25) is 10.0 Å². The van der Waals surface area contributed by atoms with Gasteiger partial charge >= 0.3 is 5.97 Å². The van der Waals surface area contributed by atoms with Gasteiger partial charge in [-0.15, -0.1) is 0 Å². The van der Waals surface area contributed by atoms with Crippen molar-refractivity contribution in [3.05, 3.63) is 29.3 Å². The topological polar surface area (TPSA) is 83.9 Å². The fourth-order valence-corrected chi connectivity index (χ4v) is 3.91. The number of aliphatic carboxylic acids is 1. The third kappa shape index (κ3) is 3.61. The molecule has 0 radical (unpaired) electrons. The summed E-state index contributed by atoms with van der Waals surface area (Å²) in [5, 5.41) is 8.90. The average molecular weight is 313 g/mol. The van der Waals surface area contributed by atoms with Crippen LogP contribution in [-0.2, 0) is 32.4 Å². The molecule has 1 aromatic rings. The van der Waals surface area contributed by atoms with Crippen molar-refractivity contribution in [1.82, 2.24) is 4.31 Å². The third-order valence-electron chi connectivity index (χ3n) is 3.56. The number of carboxylic acid groups (broad SMARTS) is 1. The van der Waals surface area contributed by atoms with Gasteiger partial charge in [-0.1, -0.05) is 6.07 Å². The van der Waals surface area contributed by atoms with Crippen LogP contribution in [0.2, 0.25) is 0 Å². The summed E-state index contributed by atoms with van der Waals surface area (Å²) in [6.07, 6.45) is 2.87. The number of ether oxygens (including phenoxy) is 1. The Kier molecular flexibility index (Phi) is 4.97. The predicted molar refractivity (Wildman–Crippen MR) is 76.7 cm³/mol. The summed E-state index contributed by atoms with van der Waals surface area (Å²) in [4.78, 5) is 11.0. The maximum atomic E-state index is 12.6. The Morgan fingerprint density at radius 2 is 2.05 bits per heavy atom. The van der Waals surface area contributed by atoms with Crippen LogP contribution in [0.1, 0.15) is 17.5 Å². The molecule has 1 aromatic carbocycles. The summed E-state index contributed by atoms with van der Waals surface area (Å²) in [6, 6.07) is 5.05. The quantitative estimate of drug-likeness (QED) is 0.808. The summed E-state index contributed by atoms with van der Waals surface area (Å²) < 4.78 is 31.0. The molecule has 116 valence electrons. The number of carbonyl (C=O) groups is 1. The summed E-state index contributed by atoms with van der Waals surface area (Å²) in [6.45, 7) is -0.400. The van der Waals surface area contributed by atoms with Crippen molar-refractivity contribution in [1.29, 1.82) is 0 Å². The highest BCUT2D eigenvalue weighted by Crippen LogP contribution is 2.26. The molecule has 6 nitrogen and oxygen atoms in total. The standard InChI is InChI=1S/C14H19NO5S/c1-20-8-7-15(10-14(16)17)21(18,19)13-6-5-11-3-2-4-12(11)9-13/h5-6,9H,2-4,7-8,10H2,1H3,(H,16,17). The Labute approximate surface area is 124 Å². The second-order valence-corrected chi connectivity index (χ2v) is 6.95. The number of hydrogen-bond acceptors (Lipinski definition) is 4. The Balaban J connectivity index is 2.30. The summed E-state index contributed by atoms with van der Waals surface area (Å²) in [5.41, 5.74) is 2.22. The molecular weight excluding hydrogens is 294 g/mol. The van der Waals surface area contributed by atoms with E-state index in [4.69, 9.17) is 9.84 Å². The van der Waals surface area contributed by atoms with E-state index >= 15 is 0 Å². The van der Waals surface area contributed by atoms with Gasteiger partial charge < -0.3 is 9.84 Å². The lowest BCUT2D eigenvalue weighted by Crippen LogP contribution is -2.38. The van der Waals surface area contributed by atoms with Crippen molar-refractivity contribution in [2.75, 3.05) is 26.8 Å². The molecule has 1 aliphatic rings. The molecule has 0 saturated carbocycles. The first-order chi connectivity index (χ1) is 9.95. The molecule has 7 heteroatoms. The minimum absolute atomic E-state index is 0.0161. The number of carboxylic acids is 1. The summed E-state index contributed by atoms with van der Waals surface area (Å²) in [5.74, 6) is -1.18. The van der Waals surface area contributed by atoms with Gasteiger partial charge in [0.15, 0.2) is 0 Å². The van der Waals surface area contributed by atoms with Crippen LogP contribution in [0.5, 0.6) is 0 Å². The van der Waals surface area contributed by atoms with Gasteiger partial charge in [0.25, 0.3) is 0 Å². The molecule has 0 unspecified atom stereocenters. The molecular formula is C14H19NO5S. The lowest BCUT2D eigenvalue weighted by atomic mass is 10.1. The van der Waals surface area contributed by atoms with Crippen LogP contribution in [0.25, 0.3) is 0 Å². The molecule has 2 rings (SSSR count). The molecule has 0 aromatic heterocycles. The SMILES string of the molecule is COCCN(CC(=O)O)S(=O)(=O)c1ccc2c(c1)CCC2. The second-order valence-electron chi connectivity index (χ2n) is 5.01. The van der Waals surface area contributed by atoms with Crippen LogP contribution in [-0.4, -0.2) is 50.6 Å². The number of benzene rings is 1. The normalized spacial score (nSPS) is 14.4. The van der Waals surface area contributed by atoms with Crippen LogP contribution in [0.3, 0.4) is 0 Å². The first-order valence-electron chi connectivity index (χ1n) is 6.78. The largest absolute Gasteiger partial charge is 0.480 e. The van der Waals surface area contributed by atoms with Crippen molar-refractivity contribution in [3.63, 3.8) is 0 Å². The number of sulfonamides is 1. The summed E-state index contributed by atoms with van der Waals surface area (Å²) in [7, 11) is -2.37. The maximum absolute atomic E-state index is 12.6. The highest BCUT2D eigenvalue weighted by Gasteiger charge is 2.27. The molecule has 0 atom stereocenters. The molecule has 1 aliphatic carbocycles. The monoisotopic (exact) mass is 313 g/mol. The zero-order valence-corrected chi connectivity index (χ0v) is 12.7. The van der Waals surface area contributed by atoms with Crippen molar-refractivity contribution in [2.24, 2.45) is 0 Å². The van der Waals surface area contributed by atoms with E-state index in [1.807, 2.05) is 6.07 Å². The van der Waals surface area contributed by atoms with E-state index in [0.29, 0.717) is 0 Å². The molecule has 0 saturated heterocycles. The maximum Gasteiger partial charge on any atom is 0.318 e. The number of hydrogen-bond donors (Lipinski definition) is 1. The Morgan fingerprint density at radius 3 is 2.71 bits per heavy atom. The first kappa shape index (κ1) is 15.9. The lowest BCUT2D eigenvalue weighted by molar-refractivity contribution is -0.137. The average Bonchev–Trinajstić information content (AvgIpc) is 2.90. The van der Waals surface area contributed by atoms with E-state index in [-0.39, 0.29) is 18.0 Å². The van der Waals surface area contributed by atoms with Gasteiger partial charge in [-0.2, -0.15) is 4.31 Å². The Hall–Kier alpha value is -1.44. The molecule has 1 N–H and O–H groups in total. The molecule has 0 aliphatic heterocycles. The van der Waals surface area contributed by atoms with Gasteiger partial charge in [0.05, 0.1) is 11.5 Å². The Bertz CT molecular complexity index is 626. The van der Waals surface area contributed by atoms with Gasteiger partial charge in [-0.3, -0.25) is 4.79 Å². The number of nitrogens with zero attached hydrogens (tertiary/aromatic N) is 1. The van der Waals surface area contributed by atoms with E-state index in [1.54, 1.807) is 12.1 Å². The van der Waals surface area contributed by atoms with E-state index in [2.05, 4.69) is 0 Å². The molecule has 0 bridgehead atoms. The minimum Gasteiger partial charge on any atom is -0.480 e. The fourth-order valence-electron chi connectivity index (χ4n) is 2.49. The van der Waals surface area contributed by atoms with E-state index in [1.165, 1.54) is 12.7 Å². The van der Waals surface area contributed by atoms with Crippen LogP contribution < -0.4 is 0 Å². The van der Waals surface area contributed by atoms with Crippen LogP contribution in [0.15, 0.2) is 23.1 Å². The van der Waals surface area contributed by atoms with Crippen molar-refractivity contribution >= 4 is 16.0 Å². The Morgan fingerprint density at radius 1 is 1.33 bits per heavy atom. The predicted octanol–water partition coefficient (Wildman–Crippen LogP) is 0.897. The zero-order chi connectivity index (χ0) is 15.5. The van der Waals surface area contributed by atoms with Crippen LogP contribution in [0, 0.1) is 0 Å².